The van der Waals surface area contributed by atoms with E-state index in [1.807, 2.05) is 18.2 Å². The molecule has 0 bridgehead atoms. The lowest BCUT2D eigenvalue weighted by molar-refractivity contribution is -0.0588. The normalized spacial score (nSPS) is 22.5. The van der Waals surface area contributed by atoms with Crippen molar-refractivity contribution in [2.75, 3.05) is 26.7 Å². The van der Waals surface area contributed by atoms with Crippen molar-refractivity contribution in [2.24, 2.45) is 0 Å². The van der Waals surface area contributed by atoms with Crippen LogP contribution >= 0.6 is 11.3 Å². The number of fused-ring (bicyclic) bond motifs is 1. The largest absolute Gasteiger partial charge is 0.497 e. The van der Waals surface area contributed by atoms with Crippen molar-refractivity contribution in [2.45, 2.75) is 50.9 Å². The number of aliphatic hydroxyl groups excluding tert-OH is 2. The molecule has 5 nitrogen and oxygen atoms in total. The Kier molecular flexibility index (Phi) is 5.40. The Morgan fingerprint density at radius 3 is 2.68 bits per heavy atom. The van der Waals surface area contributed by atoms with Gasteiger partial charge in [-0.1, -0.05) is 0 Å². The van der Waals surface area contributed by atoms with Gasteiger partial charge >= 0.3 is 0 Å². The lowest BCUT2D eigenvalue weighted by atomic mass is 9.81. The van der Waals surface area contributed by atoms with Crippen LogP contribution in [0.15, 0.2) is 24.3 Å². The summed E-state index contributed by atoms with van der Waals surface area (Å²) in [6.45, 7) is 6.50. The van der Waals surface area contributed by atoms with Crippen molar-refractivity contribution in [1.82, 2.24) is 4.90 Å². The third-order valence-electron chi connectivity index (χ3n) is 6.11. The van der Waals surface area contributed by atoms with Crippen LogP contribution in [0.1, 0.15) is 52.4 Å². The maximum absolute atomic E-state index is 10.7. The fourth-order valence-corrected chi connectivity index (χ4v) is 5.50. The van der Waals surface area contributed by atoms with E-state index in [-0.39, 0.29) is 5.60 Å². The molecule has 2 aromatic rings. The number of likely N-dealkylation sites (tertiary alicyclic amines) is 1. The summed E-state index contributed by atoms with van der Waals surface area (Å²) in [5, 5.41) is 21.3. The summed E-state index contributed by atoms with van der Waals surface area (Å²) >= 11 is 1.74. The van der Waals surface area contributed by atoms with E-state index in [2.05, 4.69) is 24.8 Å². The van der Waals surface area contributed by atoms with Crippen LogP contribution in [0.2, 0.25) is 0 Å². The Morgan fingerprint density at radius 1 is 1.29 bits per heavy atom. The Morgan fingerprint density at radius 2 is 2.04 bits per heavy atom. The highest BCUT2D eigenvalue weighted by atomic mass is 32.1. The third-order valence-corrected chi connectivity index (χ3v) is 7.09. The molecule has 0 unspecified atom stereocenters. The van der Waals surface area contributed by atoms with Crippen LogP contribution in [0.4, 0.5) is 0 Å². The maximum atomic E-state index is 10.7. The molecule has 2 aliphatic rings. The smallest absolute Gasteiger partial charge is 0.129 e. The topological polar surface area (TPSA) is 62.2 Å². The summed E-state index contributed by atoms with van der Waals surface area (Å²) < 4.78 is 11.7. The third kappa shape index (κ3) is 3.79. The number of thiophene rings is 1. The van der Waals surface area contributed by atoms with Gasteiger partial charge in [-0.05, 0) is 50.5 Å². The fraction of sp³-hybridized carbons (Fsp3) is 0.545. The second-order valence-corrected chi connectivity index (χ2v) is 9.55. The minimum atomic E-state index is -0.511. The van der Waals surface area contributed by atoms with Gasteiger partial charge in [0.25, 0.3) is 0 Å². The number of β-amino-alcohol motifs (C(OH)–C–C–N with tert-alkyl or cyclic N) is 1. The highest BCUT2D eigenvalue weighted by molar-refractivity contribution is 7.12. The van der Waals surface area contributed by atoms with Crippen LogP contribution in [-0.4, -0.2) is 47.5 Å². The van der Waals surface area contributed by atoms with Gasteiger partial charge in [-0.25, -0.2) is 0 Å². The fourth-order valence-electron chi connectivity index (χ4n) is 4.52. The molecule has 0 radical (unpaired) electrons. The van der Waals surface area contributed by atoms with E-state index >= 15 is 0 Å². The van der Waals surface area contributed by atoms with E-state index in [9.17, 15) is 10.2 Å². The molecule has 6 heteroatoms. The van der Waals surface area contributed by atoms with E-state index in [1.54, 1.807) is 18.4 Å². The van der Waals surface area contributed by atoms with Crippen molar-refractivity contribution in [3.8, 4) is 11.5 Å². The number of aliphatic hydroxyl groups is 2. The number of methoxy groups -OCH3 is 1. The van der Waals surface area contributed by atoms with Crippen molar-refractivity contribution < 1.29 is 19.7 Å². The molecular weight excluding hydrogens is 374 g/mol. The molecule has 0 aliphatic carbocycles. The zero-order chi connectivity index (χ0) is 19.9. The first-order valence-corrected chi connectivity index (χ1v) is 10.7. The van der Waals surface area contributed by atoms with Crippen LogP contribution in [0.25, 0.3) is 0 Å². The number of ether oxygens (including phenoxy) is 2. The molecule has 4 rings (SSSR count). The number of benzene rings is 1. The molecule has 3 heterocycles. The monoisotopic (exact) mass is 403 g/mol. The number of nitrogens with zero attached hydrogens (tertiary/aromatic N) is 1. The number of hydrogen-bond donors (Lipinski definition) is 2. The lowest BCUT2D eigenvalue weighted by Gasteiger charge is -2.46. The zero-order valence-corrected chi connectivity index (χ0v) is 17.6. The summed E-state index contributed by atoms with van der Waals surface area (Å²) in [6, 6.07) is 7.72. The molecule has 1 saturated heterocycles. The van der Waals surface area contributed by atoms with Crippen molar-refractivity contribution in [1.29, 1.82) is 0 Å². The van der Waals surface area contributed by atoms with E-state index in [0.29, 0.717) is 13.0 Å². The average Bonchev–Trinajstić information content (AvgIpc) is 3.01. The van der Waals surface area contributed by atoms with Crippen LogP contribution in [0, 0.1) is 13.8 Å². The molecular formula is C22H29NO4S. The summed E-state index contributed by atoms with van der Waals surface area (Å²) in [4.78, 5) is 4.74. The average molecular weight is 404 g/mol. The predicted molar refractivity (Wildman–Crippen MR) is 110 cm³/mol. The molecule has 2 atom stereocenters. The van der Waals surface area contributed by atoms with E-state index in [4.69, 9.17) is 9.47 Å². The Balaban J connectivity index is 1.41. The lowest BCUT2D eigenvalue weighted by Crippen LogP contribution is -2.51. The van der Waals surface area contributed by atoms with Gasteiger partial charge in [0.2, 0.25) is 0 Å². The van der Waals surface area contributed by atoms with Gasteiger partial charge in [-0.3, -0.25) is 0 Å². The number of piperidine rings is 1. The summed E-state index contributed by atoms with van der Waals surface area (Å²) in [5.74, 6) is 1.47. The van der Waals surface area contributed by atoms with Gasteiger partial charge in [0.1, 0.15) is 17.1 Å². The van der Waals surface area contributed by atoms with Gasteiger partial charge < -0.3 is 24.6 Å². The summed E-state index contributed by atoms with van der Waals surface area (Å²) in [6.07, 6.45) is 1.33. The zero-order valence-electron chi connectivity index (χ0n) is 16.8. The predicted octanol–water partition coefficient (Wildman–Crippen LogP) is 3.76. The molecule has 2 N–H and O–H groups in total. The standard InChI is InChI=1S/C22H29NO4S/c1-14-10-18(15(2)28-14)20(25)13-23-8-6-22(7-9-23)12-19(24)17-5-4-16(26-3)11-21(17)27-22/h4-5,10-11,19-20,24-25H,6-9,12-13H2,1-3H3/t19-,20-/m1/s1. The molecule has 1 aromatic carbocycles. The number of hydrogen-bond acceptors (Lipinski definition) is 6. The highest BCUT2D eigenvalue weighted by Crippen LogP contribution is 2.45. The first kappa shape index (κ1) is 19.7. The molecule has 1 spiro atoms. The molecule has 0 saturated carbocycles. The van der Waals surface area contributed by atoms with Crippen LogP contribution in [0.5, 0.6) is 11.5 Å². The van der Waals surface area contributed by atoms with Crippen LogP contribution < -0.4 is 9.47 Å². The second-order valence-electron chi connectivity index (χ2n) is 8.09. The highest BCUT2D eigenvalue weighted by Gasteiger charge is 2.43. The quantitative estimate of drug-likeness (QED) is 0.814. The van der Waals surface area contributed by atoms with E-state index in [1.165, 1.54) is 9.75 Å². The molecule has 1 fully saturated rings. The van der Waals surface area contributed by atoms with Crippen LogP contribution in [0.3, 0.4) is 0 Å². The molecule has 0 amide bonds. The van der Waals surface area contributed by atoms with Crippen LogP contribution in [-0.2, 0) is 0 Å². The first-order valence-electron chi connectivity index (χ1n) is 9.91. The Hall–Kier alpha value is -1.60. The van der Waals surface area contributed by atoms with Gasteiger partial charge in [0.15, 0.2) is 0 Å². The maximum Gasteiger partial charge on any atom is 0.129 e. The van der Waals surface area contributed by atoms with Gasteiger partial charge in [0.05, 0.1) is 19.3 Å². The minimum Gasteiger partial charge on any atom is -0.497 e. The Labute approximate surface area is 170 Å². The van der Waals surface area contributed by atoms with Crippen molar-refractivity contribution in [3.05, 3.63) is 45.1 Å². The van der Waals surface area contributed by atoms with Crippen molar-refractivity contribution >= 4 is 11.3 Å². The summed E-state index contributed by atoms with van der Waals surface area (Å²) in [7, 11) is 1.64. The molecule has 1 aromatic heterocycles. The molecule has 28 heavy (non-hydrogen) atoms. The Bertz CT molecular complexity index is 841. The second kappa shape index (κ2) is 7.67. The molecule has 152 valence electrons. The minimum absolute atomic E-state index is 0.338. The SMILES string of the molecule is COc1ccc2c(c1)OC1(CCN(C[C@@H](O)c3cc(C)sc3C)CC1)C[C@H]2O. The van der Waals surface area contributed by atoms with Crippen molar-refractivity contribution in [3.63, 3.8) is 0 Å². The van der Waals surface area contributed by atoms with E-state index < -0.39 is 12.2 Å². The number of rotatable bonds is 4. The van der Waals surface area contributed by atoms with Gasteiger partial charge in [-0.2, -0.15) is 0 Å². The first-order chi connectivity index (χ1) is 13.4. The number of aryl methyl sites for hydroxylation is 2. The van der Waals surface area contributed by atoms with E-state index in [0.717, 1.165) is 48.6 Å². The summed E-state index contributed by atoms with van der Waals surface area (Å²) in [5.41, 5.74) is 1.55. The molecule has 2 aliphatic heterocycles. The van der Waals surface area contributed by atoms with Gasteiger partial charge in [0, 0.05) is 47.4 Å². The van der Waals surface area contributed by atoms with Gasteiger partial charge in [-0.15, -0.1) is 11.3 Å².